The monoisotopic (exact) mass is 510 g/mol. The maximum Gasteiger partial charge on any atom is 0.250 e. The van der Waals surface area contributed by atoms with Gasteiger partial charge < -0.3 is 15.0 Å². The molecule has 1 spiro atoms. The number of nitrogens with zero attached hydrogens (tertiary/aromatic N) is 1. The van der Waals surface area contributed by atoms with Gasteiger partial charge in [-0.3, -0.25) is 19.7 Å². The second kappa shape index (κ2) is 8.00. The first-order chi connectivity index (χ1) is 18.4. The molecule has 4 heterocycles. The van der Waals surface area contributed by atoms with Crippen molar-refractivity contribution in [1.82, 2.24) is 10.3 Å². The number of hydrogen-bond acceptors (Lipinski definition) is 5. The average molecular weight is 511 g/mol. The highest BCUT2D eigenvalue weighted by molar-refractivity contribution is 6.25. The first kappa shape index (κ1) is 22.7. The molecule has 7 rings (SSSR count). The SMILES string of the molecule is COc1cccc(N2C(=O)[C@H]3[C@H](Cc4c[nH]c5ccccc45)N[C@@]4(C(=O)Nc5ccc(F)cc54)[C@@H]3C2=O)c1. The lowest BCUT2D eigenvalue weighted by Crippen LogP contribution is -2.53. The van der Waals surface area contributed by atoms with Crippen molar-refractivity contribution < 1.29 is 23.5 Å². The van der Waals surface area contributed by atoms with Crippen LogP contribution in [0.4, 0.5) is 15.8 Å². The van der Waals surface area contributed by atoms with Crippen LogP contribution in [0.1, 0.15) is 11.1 Å². The highest BCUT2D eigenvalue weighted by Gasteiger charge is 2.70. The van der Waals surface area contributed by atoms with Crippen molar-refractivity contribution in [2.75, 3.05) is 17.3 Å². The fourth-order valence-corrected chi connectivity index (χ4v) is 6.49. The Bertz CT molecular complexity index is 1670. The van der Waals surface area contributed by atoms with E-state index in [1.165, 1.54) is 25.3 Å². The molecule has 3 amide bonds. The van der Waals surface area contributed by atoms with Gasteiger partial charge >= 0.3 is 0 Å². The standard InChI is InChI=1S/C29H23FN4O4/c1-38-18-6-4-5-17(13-18)34-26(35)24-23(11-15-14-31-21-8-3-2-7-19(15)21)33-29(25(24)27(34)36)20-12-16(30)9-10-22(20)32-28(29)37/h2-10,12-14,23-25,31,33H,11H2,1H3,(H,32,37)/t23-,24-,25-,29+/m0/s1. The van der Waals surface area contributed by atoms with Gasteiger partial charge in [0.05, 0.1) is 24.6 Å². The number of aromatic nitrogens is 1. The minimum atomic E-state index is -1.58. The number of rotatable bonds is 4. The van der Waals surface area contributed by atoms with Gasteiger partial charge in [0, 0.05) is 40.5 Å². The molecule has 2 fully saturated rings. The van der Waals surface area contributed by atoms with Gasteiger partial charge in [0.15, 0.2) is 0 Å². The Labute approximate surface area is 216 Å². The molecule has 3 aromatic carbocycles. The van der Waals surface area contributed by atoms with E-state index in [-0.39, 0.29) is 0 Å². The number of hydrogen-bond donors (Lipinski definition) is 3. The number of fused-ring (bicyclic) bond motifs is 5. The van der Waals surface area contributed by atoms with Gasteiger partial charge in [0.25, 0.3) is 0 Å². The van der Waals surface area contributed by atoms with E-state index in [0.717, 1.165) is 21.4 Å². The van der Waals surface area contributed by atoms with Crippen molar-refractivity contribution in [3.63, 3.8) is 0 Å². The van der Waals surface area contributed by atoms with Crippen LogP contribution in [0, 0.1) is 17.7 Å². The summed E-state index contributed by atoms with van der Waals surface area (Å²) >= 11 is 0. The zero-order valence-electron chi connectivity index (χ0n) is 20.3. The van der Waals surface area contributed by atoms with Crippen LogP contribution < -0.4 is 20.3 Å². The van der Waals surface area contributed by atoms with Crippen LogP contribution in [-0.4, -0.2) is 35.9 Å². The van der Waals surface area contributed by atoms with Crippen LogP contribution in [0.25, 0.3) is 10.9 Å². The molecule has 0 aliphatic carbocycles. The normalized spacial score (nSPS) is 25.8. The summed E-state index contributed by atoms with van der Waals surface area (Å²) < 4.78 is 19.8. The molecular formula is C29H23FN4O4. The second-order valence-corrected chi connectivity index (χ2v) is 9.98. The lowest BCUT2D eigenvalue weighted by atomic mass is 9.76. The van der Waals surface area contributed by atoms with Crippen molar-refractivity contribution >= 4 is 40.0 Å². The zero-order valence-corrected chi connectivity index (χ0v) is 20.3. The summed E-state index contributed by atoms with van der Waals surface area (Å²) in [5.41, 5.74) is 1.45. The van der Waals surface area contributed by atoms with Gasteiger partial charge in [0.1, 0.15) is 17.1 Å². The van der Waals surface area contributed by atoms with Crippen molar-refractivity contribution in [2.45, 2.75) is 18.0 Å². The van der Waals surface area contributed by atoms with Gasteiger partial charge in [-0.05, 0) is 48.4 Å². The van der Waals surface area contributed by atoms with E-state index in [4.69, 9.17) is 4.74 Å². The molecule has 3 aliphatic rings. The Balaban J connectivity index is 1.38. The predicted molar refractivity (Wildman–Crippen MR) is 138 cm³/mol. The van der Waals surface area contributed by atoms with E-state index >= 15 is 0 Å². The molecule has 3 aliphatic heterocycles. The molecule has 4 aromatic rings. The van der Waals surface area contributed by atoms with Gasteiger partial charge in [-0.2, -0.15) is 0 Å². The highest BCUT2D eigenvalue weighted by atomic mass is 19.1. The number of nitrogens with one attached hydrogen (secondary N) is 3. The minimum Gasteiger partial charge on any atom is -0.497 e. The molecular weight excluding hydrogens is 487 g/mol. The number of H-pyrrole nitrogens is 1. The van der Waals surface area contributed by atoms with Crippen molar-refractivity contribution in [3.05, 3.63) is 89.9 Å². The molecule has 9 heteroatoms. The summed E-state index contributed by atoms with van der Waals surface area (Å²) in [4.78, 5) is 46.2. The minimum absolute atomic E-state index is 0.340. The molecule has 1 aromatic heterocycles. The van der Waals surface area contributed by atoms with Gasteiger partial charge in [-0.1, -0.05) is 24.3 Å². The number of carbonyl (C=O) groups is 3. The van der Waals surface area contributed by atoms with E-state index in [1.54, 1.807) is 24.3 Å². The molecule has 2 saturated heterocycles. The zero-order chi connectivity index (χ0) is 26.2. The maximum absolute atomic E-state index is 14.5. The Kier molecular flexibility index (Phi) is 4.77. The summed E-state index contributed by atoms with van der Waals surface area (Å²) in [5.74, 6) is -3.31. The van der Waals surface area contributed by atoms with Crippen molar-refractivity contribution in [1.29, 1.82) is 0 Å². The van der Waals surface area contributed by atoms with Crippen LogP contribution in [0.5, 0.6) is 5.75 Å². The summed E-state index contributed by atoms with van der Waals surface area (Å²) in [7, 11) is 1.51. The van der Waals surface area contributed by atoms with Crippen LogP contribution in [0.15, 0.2) is 72.9 Å². The molecule has 0 saturated carbocycles. The molecule has 4 atom stereocenters. The average Bonchev–Trinajstić information content (AvgIpc) is 3.63. The molecule has 190 valence electrons. The van der Waals surface area contributed by atoms with E-state index in [9.17, 15) is 18.8 Å². The summed E-state index contributed by atoms with van der Waals surface area (Å²) in [6.45, 7) is 0. The summed E-state index contributed by atoms with van der Waals surface area (Å²) in [5, 5.41) is 7.18. The Morgan fingerprint density at radius 3 is 2.68 bits per heavy atom. The summed E-state index contributed by atoms with van der Waals surface area (Å²) in [6.07, 6.45) is 2.27. The van der Waals surface area contributed by atoms with E-state index in [0.29, 0.717) is 29.1 Å². The number of halogens is 1. The number of ether oxygens (including phenoxy) is 1. The lowest BCUT2D eigenvalue weighted by Gasteiger charge is -2.29. The van der Waals surface area contributed by atoms with Crippen LogP contribution in [0.2, 0.25) is 0 Å². The highest BCUT2D eigenvalue weighted by Crippen LogP contribution is 2.54. The third kappa shape index (κ3) is 2.96. The van der Waals surface area contributed by atoms with E-state index in [2.05, 4.69) is 15.6 Å². The topological polar surface area (TPSA) is 104 Å². The number of aromatic amines is 1. The fourth-order valence-electron chi connectivity index (χ4n) is 6.49. The predicted octanol–water partition coefficient (Wildman–Crippen LogP) is 3.48. The smallest absolute Gasteiger partial charge is 0.250 e. The molecule has 0 bridgehead atoms. The van der Waals surface area contributed by atoms with Gasteiger partial charge in [-0.15, -0.1) is 0 Å². The Morgan fingerprint density at radius 1 is 1.00 bits per heavy atom. The Morgan fingerprint density at radius 2 is 1.84 bits per heavy atom. The van der Waals surface area contributed by atoms with Crippen LogP contribution in [0.3, 0.4) is 0 Å². The maximum atomic E-state index is 14.5. The van der Waals surface area contributed by atoms with Crippen molar-refractivity contribution in [2.24, 2.45) is 11.8 Å². The van der Waals surface area contributed by atoms with Gasteiger partial charge in [0.2, 0.25) is 17.7 Å². The first-order valence-electron chi connectivity index (χ1n) is 12.4. The third-order valence-corrected chi connectivity index (χ3v) is 8.10. The molecule has 8 nitrogen and oxygen atoms in total. The van der Waals surface area contributed by atoms with E-state index < -0.39 is 47.0 Å². The van der Waals surface area contributed by atoms with Crippen LogP contribution in [-0.2, 0) is 26.3 Å². The number of anilines is 2. The molecule has 0 unspecified atom stereocenters. The third-order valence-electron chi connectivity index (χ3n) is 8.10. The number of methoxy groups -OCH3 is 1. The number of para-hydroxylation sites is 1. The fraction of sp³-hybridized carbons (Fsp3) is 0.207. The lowest BCUT2D eigenvalue weighted by molar-refractivity contribution is -0.130. The first-order valence-corrected chi connectivity index (χ1v) is 12.4. The number of imide groups is 1. The van der Waals surface area contributed by atoms with E-state index in [1.807, 2.05) is 30.5 Å². The van der Waals surface area contributed by atoms with Crippen molar-refractivity contribution in [3.8, 4) is 5.75 Å². The second-order valence-electron chi connectivity index (χ2n) is 9.98. The largest absolute Gasteiger partial charge is 0.497 e. The Hall–Kier alpha value is -4.50. The molecule has 38 heavy (non-hydrogen) atoms. The summed E-state index contributed by atoms with van der Waals surface area (Å²) in [6, 6.07) is 18.0. The molecule has 3 N–H and O–H groups in total. The number of amides is 3. The quantitative estimate of drug-likeness (QED) is 0.365. The number of benzene rings is 3. The van der Waals surface area contributed by atoms with Gasteiger partial charge in [-0.25, -0.2) is 9.29 Å². The number of carbonyl (C=O) groups excluding carboxylic acids is 3. The van der Waals surface area contributed by atoms with Crippen LogP contribution >= 0.6 is 0 Å². The molecule has 0 radical (unpaired) electrons.